The van der Waals surface area contributed by atoms with E-state index >= 15 is 0 Å². The van der Waals surface area contributed by atoms with Crippen LogP contribution >= 0.6 is 0 Å². The van der Waals surface area contributed by atoms with Gasteiger partial charge in [0.2, 0.25) is 0 Å². The predicted octanol–water partition coefficient (Wildman–Crippen LogP) is 3.95. The Morgan fingerprint density at radius 1 is 1.03 bits per heavy atom. The summed E-state index contributed by atoms with van der Waals surface area (Å²) in [5.41, 5.74) is 1.51. The number of hydrogen-bond donors (Lipinski definition) is 1. The molecule has 2 heterocycles. The minimum Gasteiger partial charge on any atom is -0.507 e. The van der Waals surface area contributed by atoms with E-state index in [2.05, 4.69) is 0 Å². The van der Waals surface area contributed by atoms with Crippen molar-refractivity contribution in [1.29, 1.82) is 0 Å². The Kier molecular flexibility index (Phi) is 5.39. The molecular formula is C24H21NO5. The van der Waals surface area contributed by atoms with Gasteiger partial charge in [-0.05, 0) is 36.2 Å². The number of furan rings is 1. The van der Waals surface area contributed by atoms with Gasteiger partial charge in [0.15, 0.2) is 0 Å². The molecule has 30 heavy (non-hydrogen) atoms. The normalized spacial score (nSPS) is 18.0. The van der Waals surface area contributed by atoms with Crippen molar-refractivity contribution in [3.63, 3.8) is 0 Å². The van der Waals surface area contributed by atoms with E-state index in [9.17, 15) is 14.7 Å². The van der Waals surface area contributed by atoms with E-state index in [0.717, 1.165) is 11.3 Å². The molecule has 1 aliphatic rings. The number of rotatable bonds is 6. The third kappa shape index (κ3) is 3.59. The molecule has 0 spiro atoms. The Hall–Kier alpha value is -3.80. The standard InChI is InChI=1S/C24H21NO5/c1-29-18-11-9-16(10-12-18)13-14-25-21(19-8-5-15-30-19)20(23(27)24(25)28)22(26)17-6-3-2-4-7-17/h2-12,15,21,26H,13-14H2,1H3/b22-20-. The van der Waals surface area contributed by atoms with E-state index in [0.29, 0.717) is 24.3 Å². The van der Waals surface area contributed by atoms with Gasteiger partial charge in [0.25, 0.3) is 11.7 Å². The number of amides is 1. The fourth-order valence-electron chi connectivity index (χ4n) is 3.65. The second-order valence-corrected chi connectivity index (χ2v) is 6.97. The molecule has 1 amide bonds. The third-order valence-electron chi connectivity index (χ3n) is 5.20. The van der Waals surface area contributed by atoms with Crippen LogP contribution in [0.25, 0.3) is 5.76 Å². The molecule has 4 rings (SSSR count). The highest BCUT2D eigenvalue weighted by molar-refractivity contribution is 6.46. The summed E-state index contributed by atoms with van der Waals surface area (Å²) in [4.78, 5) is 27.2. The topological polar surface area (TPSA) is 80.0 Å². The number of ether oxygens (including phenoxy) is 1. The van der Waals surface area contributed by atoms with Crippen molar-refractivity contribution in [2.24, 2.45) is 0 Å². The largest absolute Gasteiger partial charge is 0.507 e. The van der Waals surface area contributed by atoms with Gasteiger partial charge in [-0.15, -0.1) is 0 Å². The quantitative estimate of drug-likeness (QED) is 0.383. The minimum absolute atomic E-state index is 0.0379. The van der Waals surface area contributed by atoms with Gasteiger partial charge < -0.3 is 19.2 Å². The molecule has 0 aliphatic carbocycles. The molecule has 1 atom stereocenters. The van der Waals surface area contributed by atoms with Crippen LogP contribution in [0.1, 0.15) is 22.9 Å². The van der Waals surface area contributed by atoms with Crippen molar-refractivity contribution in [1.82, 2.24) is 4.90 Å². The molecule has 1 fully saturated rings. The average molecular weight is 403 g/mol. The van der Waals surface area contributed by atoms with Crippen LogP contribution in [0, 0.1) is 0 Å². The van der Waals surface area contributed by atoms with Crippen LogP contribution in [0.3, 0.4) is 0 Å². The zero-order valence-corrected chi connectivity index (χ0v) is 16.4. The fraction of sp³-hybridized carbons (Fsp3) is 0.167. The zero-order valence-electron chi connectivity index (χ0n) is 16.4. The van der Waals surface area contributed by atoms with Crippen molar-refractivity contribution < 1.29 is 23.8 Å². The van der Waals surface area contributed by atoms with Gasteiger partial charge in [-0.25, -0.2) is 0 Å². The number of Topliss-reactive ketones (excluding diaryl/α,β-unsaturated/α-hetero) is 1. The molecule has 6 heteroatoms. The lowest BCUT2D eigenvalue weighted by Gasteiger charge is -2.23. The van der Waals surface area contributed by atoms with E-state index in [1.54, 1.807) is 43.5 Å². The van der Waals surface area contributed by atoms with Crippen LogP contribution in [0.15, 0.2) is 83.0 Å². The van der Waals surface area contributed by atoms with Gasteiger partial charge in [-0.2, -0.15) is 0 Å². The highest BCUT2D eigenvalue weighted by atomic mass is 16.5. The molecule has 6 nitrogen and oxygen atoms in total. The molecule has 0 saturated carbocycles. The maximum atomic E-state index is 12.9. The molecule has 0 radical (unpaired) electrons. The smallest absolute Gasteiger partial charge is 0.295 e. The van der Waals surface area contributed by atoms with Crippen LogP contribution in [0.5, 0.6) is 5.75 Å². The molecular weight excluding hydrogens is 382 g/mol. The summed E-state index contributed by atoms with van der Waals surface area (Å²) >= 11 is 0. The Labute approximate surface area is 174 Å². The molecule has 1 saturated heterocycles. The summed E-state index contributed by atoms with van der Waals surface area (Å²) in [7, 11) is 1.60. The van der Waals surface area contributed by atoms with Gasteiger partial charge in [0, 0.05) is 12.1 Å². The van der Waals surface area contributed by atoms with Crippen LogP contribution in [-0.4, -0.2) is 35.4 Å². The summed E-state index contributed by atoms with van der Waals surface area (Å²) in [5.74, 6) is -0.392. The summed E-state index contributed by atoms with van der Waals surface area (Å²) in [6.07, 6.45) is 2.03. The van der Waals surface area contributed by atoms with E-state index in [4.69, 9.17) is 9.15 Å². The number of ketones is 1. The predicted molar refractivity (Wildman–Crippen MR) is 111 cm³/mol. The van der Waals surface area contributed by atoms with Crippen molar-refractivity contribution >= 4 is 17.4 Å². The number of carbonyl (C=O) groups excluding carboxylic acids is 2. The molecule has 1 unspecified atom stereocenters. The summed E-state index contributed by atoms with van der Waals surface area (Å²) in [6, 6.07) is 18.9. The van der Waals surface area contributed by atoms with Gasteiger partial charge >= 0.3 is 0 Å². The number of hydrogen-bond acceptors (Lipinski definition) is 5. The molecule has 2 aromatic carbocycles. The first kappa shape index (κ1) is 19.5. The maximum Gasteiger partial charge on any atom is 0.295 e. The SMILES string of the molecule is COc1ccc(CCN2C(=O)C(=O)/C(=C(\O)c3ccccc3)C2c2ccco2)cc1. The van der Waals surface area contributed by atoms with Gasteiger partial charge in [0.1, 0.15) is 23.3 Å². The zero-order chi connectivity index (χ0) is 21.1. The first-order chi connectivity index (χ1) is 14.6. The molecule has 152 valence electrons. The number of likely N-dealkylation sites (tertiary alicyclic amines) is 1. The number of methoxy groups -OCH3 is 1. The van der Waals surface area contributed by atoms with Gasteiger partial charge in [-0.3, -0.25) is 9.59 Å². The Bertz CT molecular complexity index is 1070. The number of carbonyl (C=O) groups is 2. The lowest BCUT2D eigenvalue weighted by Crippen LogP contribution is -2.31. The van der Waals surface area contributed by atoms with Gasteiger partial charge in [-0.1, -0.05) is 42.5 Å². The minimum atomic E-state index is -0.779. The first-order valence-electron chi connectivity index (χ1n) is 9.60. The van der Waals surface area contributed by atoms with Crippen LogP contribution in [-0.2, 0) is 16.0 Å². The Morgan fingerprint density at radius 2 is 1.77 bits per heavy atom. The summed E-state index contributed by atoms with van der Waals surface area (Å²) < 4.78 is 10.7. The van der Waals surface area contributed by atoms with Crippen LogP contribution < -0.4 is 4.74 Å². The highest BCUT2D eigenvalue weighted by Crippen LogP contribution is 2.39. The van der Waals surface area contributed by atoms with E-state index in [1.807, 2.05) is 30.3 Å². The molecule has 1 N–H and O–H groups in total. The van der Waals surface area contributed by atoms with Crippen molar-refractivity contribution in [2.45, 2.75) is 12.5 Å². The van der Waals surface area contributed by atoms with Gasteiger partial charge in [0.05, 0.1) is 18.9 Å². The average Bonchev–Trinajstić information content (AvgIpc) is 3.40. The van der Waals surface area contributed by atoms with Crippen LogP contribution in [0.2, 0.25) is 0 Å². The lowest BCUT2D eigenvalue weighted by atomic mass is 9.99. The summed E-state index contributed by atoms with van der Waals surface area (Å²) in [6.45, 7) is 0.299. The van der Waals surface area contributed by atoms with E-state index in [1.165, 1.54) is 11.2 Å². The highest BCUT2D eigenvalue weighted by Gasteiger charge is 2.47. The van der Waals surface area contributed by atoms with Crippen molar-refractivity contribution in [3.05, 3.63) is 95.5 Å². The number of benzene rings is 2. The number of aliphatic hydroxyl groups excluding tert-OH is 1. The maximum absolute atomic E-state index is 12.9. The van der Waals surface area contributed by atoms with E-state index < -0.39 is 17.7 Å². The first-order valence-corrected chi connectivity index (χ1v) is 9.60. The van der Waals surface area contributed by atoms with Crippen molar-refractivity contribution in [2.75, 3.05) is 13.7 Å². The molecule has 1 aromatic heterocycles. The Balaban J connectivity index is 1.69. The number of aliphatic hydroxyl groups is 1. The monoisotopic (exact) mass is 403 g/mol. The second kappa shape index (κ2) is 8.29. The second-order valence-electron chi connectivity index (χ2n) is 6.97. The fourth-order valence-corrected chi connectivity index (χ4v) is 3.65. The van der Waals surface area contributed by atoms with Crippen LogP contribution in [0.4, 0.5) is 0 Å². The van der Waals surface area contributed by atoms with E-state index in [-0.39, 0.29) is 11.3 Å². The number of nitrogens with zero attached hydrogens (tertiary/aromatic N) is 1. The molecule has 3 aromatic rings. The third-order valence-corrected chi connectivity index (χ3v) is 5.20. The lowest BCUT2D eigenvalue weighted by molar-refractivity contribution is -0.140. The molecule has 0 bridgehead atoms. The Morgan fingerprint density at radius 3 is 2.40 bits per heavy atom. The summed E-state index contributed by atoms with van der Waals surface area (Å²) in [5, 5.41) is 10.9. The molecule has 1 aliphatic heterocycles. The van der Waals surface area contributed by atoms with Crippen molar-refractivity contribution in [3.8, 4) is 5.75 Å².